The second-order valence-electron chi connectivity index (χ2n) is 3.06. The molecule has 0 saturated carbocycles. The second-order valence-corrected chi connectivity index (χ2v) is 4.06. The lowest BCUT2D eigenvalue weighted by atomic mass is 10.3. The Morgan fingerprint density at radius 3 is 2.93 bits per heavy atom. The number of aliphatic hydroxyl groups excluding tert-OH is 1. The molecule has 3 nitrogen and oxygen atoms in total. The molecule has 0 saturated heterocycles. The standard InChI is InChI=1S/C10H11NO2S/c12-7-3-6-11-8-4-1-2-5-9(8)14-10(11)13/h1-2,4-5,12H,3,6-7H2. The first-order valence-electron chi connectivity index (χ1n) is 4.52. The molecular weight excluding hydrogens is 198 g/mol. The van der Waals surface area contributed by atoms with E-state index in [2.05, 4.69) is 0 Å². The van der Waals surface area contributed by atoms with Crippen molar-refractivity contribution in [2.75, 3.05) is 6.61 Å². The van der Waals surface area contributed by atoms with Gasteiger partial charge in [-0.05, 0) is 18.6 Å². The summed E-state index contributed by atoms with van der Waals surface area (Å²) in [5.74, 6) is 0. The van der Waals surface area contributed by atoms with Crippen LogP contribution in [0.25, 0.3) is 10.2 Å². The summed E-state index contributed by atoms with van der Waals surface area (Å²) in [5.41, 5.74) is 0.968. The van der Waals surface area contributed by atoms with Gasteiger partial charge in [0, 0.05) is 13.2 Å². The number of aliphatic hydroxyl groups is 1. The molecule has 1 heterocycles. The molecule has 0 bridgehead atoms. The van der Waals surface area contributed by atoms with E-state index in [0.29, 0.717) is 13.0 Å². The van der Waals surface area contributed by atoms with Crippen molar-refractivity contribution in [2.45, 2.75) is 13.0 Å². The minimum absolute atomic E-state index is 0.0552. The minimum atomic E-state index is 0.0552. The minimum Gasteiger partial charge on any atom is -0.396 e. The van der Waals surface area contributed by atoms with Gasteiger partial charge in [-0.1, -0.05) is 23.5 Å². The van der Waals surface area contributed by atoms with Gasteiger partial charge in [-0.3, -0.25) is 9.36 Å². The van der Waals surface area contributed by atoms with Crippen LogP contribution in [0.3, 0.4) is 0 Å². The molecule has 4 heteroatoms. The van der Waals surface area contributed by atoms with Gasteiger partial charge in [0.05, 0.1) is 10.2 Å². The highest BCUT2D eigenvalue weighted by Crippen LogP contribution is 2.16. The highest BCUT2D eigenvalue weighted by atomic mass is 32.1. The summed E-state index contributed by atoms with van der Waals surface area (Å²) >= 11 is 1.25. The highest BCUT2D eigenvalue weighted by molar-refractivity contribution is 7.16. The van der Waals surface area contributed by atoms with Crippen molar-refractivity contribution in [3.63, 3.8) is 0 Å². The molecule has 1 aromatic carbocycles. The van der Waals surface area contributed by atoms with Crippen LogP contribution in [-0.4, -0.2) is 16.3 Å². The molecule has 0 amide bonds. The van der Waals surface area contributed by atoms with Gasteiger partial charge in [0.2, 0.25) is 0 Å². The Morgan fingerprint density at radius 1 is 1.36 bits per heavy atom. The molecule has 2 rings (SSSR count). The Labute approximate surface area is 85.2 Å². The van der Waals surface area contributed by atoms with Crippen LogP contribution in [0.5, 0.6) is 0 Å². The lowest BCUT2D eigenvalue weighted by molar-refractivity contribution is 0.280. The van der Waals surface area contributed by atoms with Crippen LogP contribution in [0.15, 0.2) is 29.1 Å². The topological polar surface area (TPSA) is 42.2 Å². The fourth-order valence-electron chi connectivity index (χ4n) is 1.45. The molecular formula is C10H11NO2S. The van der Waals surface area contributed by atoms with E-state index in [1.807, 2.05) is 24.3 Å². The van der Waals surface area contributed by atoms with Crippen LogP contribution in [0.1, 0.15) is 6.42 Å². The Kier molecular flexibility index (Phi) is 2.65. The van der Waals surface area contributed by atoms with E-state index in [0.717, 1.165) is 10.2 Å². The smallest absolute Gasteiger partial charge is 0.308 e. The van der Waals surface area contributed by atoms with E-state index in [-0.39, 0.29) is 11.5 Å². The van der Waals surface area contributed by atoms with Gasteiger partial charge in [0.15, 0.2) is 0 Å². The Morgan fingerprint density at radius 2 is 2.14 bits per heavy atom. The first kappa shape index (κ1) is 9.43. The molecule has 14 heavy (non-hydrogen) atoms. The summed E-state index contributed by atoms with van der Waals surface area (Å²) in [6, 6.07) is 7.72. The molecule has 74 valence electrons. The van der Waals surface area contributed by atoms with Crippen molar-refractivity contribution in [1.29, 1.82) is 0 Å². The molecule has 0 unspecified atom stereocenters. The number of hydrogen-bond acceptors (Lipinski definition) is 3. The van der Waals surface area contributed by atoms with Gasteiger partial charge in [-0.25, -0.2) is 0 Å². The van der Waals surface area contributed by atoms with E-state index in [1.165, 1.54) is 11.3 Å². The van der Waals surface area contributed by atoms with Crippen molar-refractivity contribution in [3.8, 4) is 0 Å². The Bertz CT molecular complexity index is 486. The molecule has 2 aromatic rings. The van der Waals surface area contributed by atoms with Crippen LogP contribution >= 0.6 is 11.3 Å². The number of hydrogen-bond donors (Lipinski definition) is 1. The zero-order chi connectivity index (χ0) is 9.97. The molecule has 0 aliphatic rings. The summed E-state index contributed by atoms with van der Waals surface area (Å²) in [5, 5.41) is 8.72. The van der Waals surface area contributed by atoms with Gasteiger partial charge in [-0.2, -0.15) is 0 Å². The monoisotopic (exact) mass is 209 g/mol. The van der Waals surface area contributed by atoms with Crippen LogP contribution in [0.2, 0.25) is 0 Å². The van der Waals surface area contributed by atoms with Crippen LogP contribution in [0.4, 0.5) is 0 Å². The van der Waals surface area contributed by atoms with E-state index in [9.17, 15) is 4.79 Å². The van der Waals surface area contributed by atoms with E-state index >= 15 is 0 Å². The SMILES string of the molecule is O=c1sc2ccccc2n1CCCO. The molecule has 0 aliphatic heterocycles. The van der Waals surface area contributed by atoms with E-state index in [4.69, 9.17) is 5.11 Å². The normalized spacial score (nSPS) is 10.9. The number of rotatable bonds is 3. The van der Waals surface area contributed by atoms with Crippen LogP contribution in [-0.2, 0) is 6.54 Å². The predicted octanol–water partition coefficient (Wildman–Crippen LogP) is 1.45. The maximum Gasteiger partial charge on any atom is 0.308 e. The van der Waals surface area contributed by atoms with E-state index in [1.54, 1.807) is 4.57 Å². The molecule has 0 atom stereocenters. The molecule has 0 aliphatic carbocycles. The quantitative estimate of drug-likeness (QED) is 0.831. The van der Waals surface area contributed by atoms with Gasteiger partial charge in [-0.15, -0.1) is 0 Å². The number of nitrogens with zero attached hydrogens (tertiary/aromatic N) is 1. The van der Waals surface area contributed by atoms with Gasteiger partial charge >= 0.3 is 4.87 Å². The molecule has 1 N–H and O–H groups in total. The average Bonchev–Trinajstić information content (AvgIpc) is 2.51. The third kappa shape index (κ3) is 1.58. The molecule has 0 fully saturated rings. The van der Waals surface area contributed by atoms with Gasteiger partial charge in [0.25, 0.3) is 0 Å². The Balaban J connectivity index is 2.51. The maximum absolute atomic E-state index is 11.5. The summed E-state index contributed by atoms with van der Waals surface area (Å²) in [7, 11) is 0. The van der Waals surface area contributed by atoms with Crippen LogP contribution in [0, 0.1) is 0 Å². The molecule has 0 radical (unpaired) electrons. The predicted molar refractivity (Wildman–Crippen MR) is 57.8 cm³/mol. The number of para-hydroxylation sites is 1. The number of aryl methyl sites for hydroxylation is 1. The average molecular weight is 209 g/mol. The van der Waals surface area contributed by atoms with Crippen LogP contribution < -0.4 is 4.87 Å². The number of thiazole rings is 1. The van der Waals surface area contributed by atoms with Crippen molar-refractivity contribution < 1.29 is 5.11 Å². The largest absolute Gasteiger partial charge is 0.396 e. The number of aromatic nitrogens is 1. The second kappa shape index (κ2) is 3.94. The summed E-state index contributed by atoms with van der Waals surface area (Å²) < 4.78 is 2.73. The Hall–Kier alpha value is -1.13. The first-order chi connectivity index (χ1) is 6.83. The highest BCUT2D eigenvalue weighted by Gasteiger charge is 2.05. The third-order valence-corrected chi connectivity index (χ3v) is 3.07. The fraction of sp³-hybridized carbons (Fsp3) is 0.300. The lowest BCUT2D eigenvalue weighted by Gasteiger charge is -2.00. The zero-order valence-corrected chi connectivity index (χ0v) is 8.46. The van der Waals surface area contributed by atoms with E-state index < -0.39 is 0 Å². The number of benzene rings is 1. The fourth-order valence-corrected chi connectivity index (χ4v) is 2.37. The van der Waals surface area contributed by atoms with Gasteiger partial charge < -0.3 is 5.11 Å². The first-order valence-corrected chi connectivity index (χ1v) is 5.34. The van der Waals surface area contributed by atoms with Gasteiger partial charge in [0.1, 0.15) is 0 Å². The lowest BCUT2D eigenvalue weighted by Crippen LogP contribution is -2.13. The van der Waals surface area contributed by atoms with Crippen molar-refractivity contribution in [1.82, 2.24) is 4.57 Å². The summed E-state index contributed by atoms with van der Waals surface area (Å²) in [6.45, 7) is 0.718. The maximum atomic E-state index is 11.5. The number of fused-ring (bicyclic) bond motifs is 1. The molecule has 0 spiro atoms. The van der Waals surface area contributed by atoms with Crippen molar-refractivity contribution in [2.24, 2.45) is 0 Å². The molecule has 1 aromatic heterocycles. The van der Waals surface area contributed by atoms with Crippen molar-refractivity contribution >= 4 is 21.6 Å². The summed E-state index contributed by atoms with van der Waals surface area (Å²) in [6.07, 6.45) is 0.626. The van der Waals surface area contributed by atoms with Crippen molar-refractivity contribution in [3.05, 3.63) is 33.9 Å². The third-order valence-electron chi connectivity index (χ3n) is 2.11. The summed E-state index contributed by atoms with van der Waals surface area (Å²) in [4.78, 5) is 11.6. The zero-order valence-electron chi connectivity index (χ0n) is 7.64.